The summed E-state index contributed by atoms with van der Waals surface area (Å²) in [6, 6.07) is 23.3. The normalized spacial score (nSPS) is 10.4. The van der Waals surface area contributed by atoms with Crippen LogP contribution < -0.4 is 4.90 Å². The molecule has 170 valence electrons. The van der Waals surface area contributed by atoms with Gasteiger partial charge in [0.25, 0.3) is 0 Å². The van der Waals surface area contributed by atoms with Crippen LogP contribution in [0.2, 0.25) is 0 Å². The number of esters is 2. The first kappa shape index (κ1) is 23.7. The van der Waals surface area contributed by atoms with Crippen LogP contribution in [0, 0.1) is 0 Å². The molecule has 0 spiro atoms. The summed E-state index contributed by atoms with van der Waals surface area (Å²) in [6.45, 7) is 4.51. The van der Waals surface area contributed by atoms with E-state index < -0.39 is 5.97 Å². The molecule has 0 unspecified atom stereocenters. The average molecular weight is 446 g/mol. The monoisotopic (exact) mass is 445 g/mol. The van der Waals surface area contributed by atoms with Gasteiger partial charge in [0.05, 0.1) is 18.8 Å². The van der Waals surface area contributed by atoms with Crippen LogP contribution >= 0.6 is 0 Å². The minimum Gasteiger partial charge on any atom is -0.465 e. The minimum absolute atomic E-state index is 0.0312. The van der Waals surface area contributed by atoms with Gasteiger partial charge < -0.3 is 14.4 Å². The Morgan fingerprint density at radius 1 is 0.727 bits per heavy atom. The highest BCUT2D eigenvalue weighted by Gasteiger charge is 2.16. The fourth-order valence-electron chi connectivity index (χ4n) is 3.41. The van der Waals surface area contributed by atoms with E-state index in [1.54, 1.807) is 56.3 Å². The summed E-state index contributed by atoms with van der Waals surface area (Å²) in [5.74, 6) is -0.815. The molecule has 0 aliphatic carbocycles. The molecule has 0 aromatic heterocycles. The molecule has 0 aliphatic rings. The molecule has 0 atom stereocenters. The van der Waals surface area contributed by atoms with Gasteiger partial charge in [-0.3, -0.25) is 9.59 Å². The van der Waals surface area contributed by atoms with E-state index in [9.17, 15) is 14.4 Å². The number of benzene rings is 3. The molecule has 0 saturated heterocycles. The Morgan fingerprint density at radius 2 is 1.39 bits per heavy atom. The Kier molecular flexibility index (Phi) is 8.36. The lowest BCUT2D eigenvalue weighted by atomic mass is 10.0. The molecule has 0 amide bonds. The Hall–Kier alpha value is -3.93. The lowest BCUT2D eigenvalue weighted by Crippen LogP contribution is -2.30. The number of ether oxygens (including phenoxy) is 2. The number of hydrogen-bond acceptors (Lipinski definition) is 6. The molecule has 6 nitrogen and oxygen atoms in total. The number of ketones is 1. The molecule has 0 N–H and O–H groups in total. The highest BCUT2D eigenvalue weighted by atomic mass is 16.5. The average Bonchev–Trinajstić information content (AvgIpc) is 2.84. The molecule has 0 heterocycles. The summed E-state index contributed by atoms with van der Waals surface area (Å²) < 4.78 is 10.2. The highest BCUT2D eigenvalue weighted by Crippen LogP contribution is 2.20. The van der Waals surface area contributed by atoms with Crippen LogP contribution in [0.25, 0.3) is 0 Å². The first-order valence-corrected chi connectivity index (χ1v) is 10.9. The zero-order valence-corrected chi connectivity index (χ0v) is 18.8. The summed E-state index contributed by atoms with van der Waals surface area (Å²) in [4.78, 5) is 38.9. The van der Waals surface area contributed by atoms with E-state index in [0.29, 0.717) is 29.8 Å². The number of carbonyl (C=O) groups excluding carboxylic acids is 3. The molecule has 0 bridgehead atoms. The van der Waals surface area contributed by atoms with Gasteiger partial charge in [0.15, 0.2) is 5.78 Å². The fraction of sp³-hybridized carbons (Fsp3) is 0.222. The van der Waals surface area contributed by atoms with Crippen molar-refractivity contribution < 1.29 is 23.9 Å². The van der Waals surface area contributed by atoms with E-state index in [1.165, 1.54) is 0 Å². The maximum absolute atomic E-state index is 12.8. The van der Waals surface area contributed by atoms with E-state index in [-0.39, 0.29) is 24.9 Å². The van der Waals surface area contributed by atoms with Gasteiger partial charge in [-0.2, -0.15) is 0 Å². The van der Waals surface area contributed by atoms with Crippen molar-refractivity contribution in [3.8, 4) is 0 Å². The second-order valence-electron chi connectivity index (χ2n) is 7.32. The topological polar surface area (TPSA) is 72.9 Å². The molecule has 0 radical (unpaired) electrons. The molecular formula is C27H27NO5. The van der Waals surface area contributed by atoms with Crippen LogP contribution in [0.5, 0.6) is 0 Å². The number of anilines is 1. The number of nitrogens with zero attached hydrogens (tertiary/aromatic N) is 1. The largest absolute Gasteiger partial charge is 0.465 e. The lowest BCUT2D eigenvalue weighted by Gasteiger charge is -2.24. The van der Waals surface area contributed by atoms with E-state index in [1.807, 2.05) is 41.3 Å². The predicted molar refractivity (Wildman–Crippen MR) is 126 cm³/mol. The Bertz CT molecular complexity index is 1090. The van der Waals surface area contributed by atoms with Gasteiger partial charge in [-0.15, -0.1) is 0 Å². The molecule has 3 aromatic rings. The first-order valence-electron chi connectivity index (χ1n) is 10.9. The Labute approximate surface area is 193 Å². The third-order valence-corrected chi connectivity index (χ3v) is 4.97. The molecule has 3 aromatic carbocycles. The van der Waals surface area contributed by atoms with Gasteiger partial charge in [-0.1, -0.05) is 48.5 Å². The van der Waals surface area contributed by atoms with Gasteiger partial charge in [0, 0.05) is 23.4 Å². The number of carbonyl (C=O) groups is 3. The standard InChI is InChI=1S/C27H27NO5/c1-3-32-25(29)19-28(24-15-13-22(14-16-24)27(31)33-4-2)18-20-9-8-12-23(17-20)26(30)21-10-6-5-7-11-21/h5-17H,3-4,18-19H2,1-2H3. The van der Waals surface area contributed by atoms with Crippen molar-refractivity contribution in [2.24, 2.45) is 0 Å². The third-order valence-electron chi connectivity index (χ3n) is 4.97. The summed E-state index contributed by atoms with van der Waals surface area (Å²) >= 11 is 0. The van der Waals surface area contributed by atoms with Crippen molar-refractivity contribution in [2.75, 3.05) is 24.7 Å². The maximum Gasteiger partial charge on any atom is 0.338 e. The van der Waals surface area contributed by atoms with Crippen molar-refractivity contribution in [3.05, 3.63) is 101 Å². The second kappa shape index (κ2) is 11.6. The molecule has 6 heteroatoms. The summed E-state index contributed by atoms with van der Waals surface area (Å²) in [7, 11) is 0. The van der Waals surface area contributed by atoms with E-state index in [4.69, 9.17) is 9.47 Å². The van der Waals surface area contributed by atoms with Crippen LogP contribution in [-0.4, -0.2) is 37.5 Å². The molecule has 0 aliphatic heterocycles. The van der Waals surface area contributed by atoms with E-state index in [2.05, 4.69) is 0 Å². The van der Waals surface area contributed by atoms with Crippen molar-refractivity contribution in [1.29, 1.82) is 0 Å². The summed E-state index contributed by atoms with van der Waals surface area (Å²) in [5, 5.41) is 0. The summed E-state index contributed by atoms with van der Waals surface area (Å²) in [5.41, 5.74) is 3.25. The maximum atomic E-state index is 12.8. The van der Waals surface area contributed by atoms with Crippen LogP contribution in [-0.2, 0) is 20.8 Å². The molecule has 33 heavy (non-hydrogen) atoms. The smallest absolute Gasteiger partial charge is 0.338 e. The predicted octanol–water partition coefficient (Wildman–Crippen LogP) is 4.66. The molecular weight excluding hydrogens is 418 g/mol. The SMILES string of the molecule is CCOC(=O)CN(Cc1cccc(C(=O)c2ccccc2)c1)c1ccc(C(=O)OCC)cc1. The lowest BCUT2D eigenvalue weighted by molar-refractivity contribution is -0.141. The van der Waals surface area contributed by atoms with Crippen molar-refractivity contribution in [3.63, 3.8) is 0 Å². The van der Waals surface area contributed by atoms with Crippen molar-refractivity contribution >= 4 is 23.4 Å². The fourth-order valence-corrected chi connectivity index (χ4v) is 3.41. The van der Waals surface area contributed by atoms with E-state index in [0.717, 1.165) is 11.3 Å². The highest BCUT2D eigenvalue weighted by molar-refractivity contribution is 6.09. The third kappa shape index (κ3) is 6.53. The van der Waals surface area contributed by atoms with Crippen molar-refractivity contribution in [1.82, 2.24) is 0 Å². The van der Waals surface area contributed by atoms with Crippen LogP contribution in [0.1, 0.15) is 45.7 Å². The van der Waals surface area contributed by atoms with Crippen LogP contribution in [0.15, 0.2) is 78.9 Å². The van der Waals surface area contributed by atoms with Gasteiger partial charge in [-0.05, 0) is 49.7 Å². The Morgan fingerprint density at radius 3 is 2.06 bits per heavy atom. The quantitative estimate of drug-likeness (QED) is 0.334. The molecule has 3 rings (SSSR count). The minimum atomic E-state index is -0.395. The first-order chi connectivity index (χ1) is 16.0. The van der Waals surface area contributed by atoms with Gasteiger partial charge >= 0.3 is 11.9 Å². The zero-order chi connectivity index (χ0) is 23.6. The van der Waals surface area contributed by atoms with Gasteiger partial charge in [0.1, 0.15) is 6.54 Å². The van der Waals surface area contributed by atoms with Crippen LogP contribution in [0.4, 0.5) is 5.69 Å². The second-order valence-corrected chi connectivity index (χ2v) is 7.32. The van der Waals surface area contributed by atoms with Gasteiger partial charge in [-0.25, -0.2) is 4.79 Å². The molecule has 0 fully saturated rings. The number of rotatable bonds is 10. The van der Waals surface area contributed by atoms with Gasteiger partial charge in [0.2, 0.25) is 0 Å². The van der Waals surface area contributed by atoms with E-state index >= 15 is 0 Å². The molecule has 0 saturated carbocycles. The van der Waals surface area contributed by atoms with Crippen molar-refractivity contribution in [2.45, 2.75) is 20.4 Å². The summed E-state index contributed by atoms with van der Waals surface area (Å²) in [6.07, 6.45) is 0. The zero-order valence-electron chi connectivity index (χ0n) is 18.8. The Balaban J connectivity index is 1.84. The van der Waals surface area contributed by atoms with Crippen LogP contribution in [0.3, 0.4) is 0 Å². The number of hydrogen-bond donors (Lipinski definition) is 0.